The maximum absolute atomic E-state index is 13.2. The fourth-order valence-electron chi connectivity index (χ4n) is 2.66. The third-order valence-corrected chi connectivity index (χ3v) is 4.44. The Bertz CT molecular complexity index is 932. The third kappa shape index (κ3) is 3.60. The van der Waals surface area contributed by atoms with Crippen LogP contribution >= 0.6 is 11.6 Å². The fourth-order valence-corrected chi connectivity index (χ4v) is 2.78. The lowest BCUT2D eigenvalue weighted by Gasteiger charge is -2.10. The summed E-state index contributed by atoms with van der Waals surface area (Å²) in [5, 5.41) is 3.66. The molecule has 0 amide bonds. The van der Waals surface area contributed by atoms with Gasteiger partial charge in [-0.05, 0) is 37.0 Å². The van der Waals surface area contributed by atoms with Crippen molar-refractivity contribution in [2.24, 2.45) is 0 Å². The molecule has 0 spiro atoms. The summed E-state index contributed by atoms with van der Waals surface area (Å²) in [5.74, 6) is -1.00. The monoisotopic (exact) mass is 381 g/mol. The lowest BCUT2D eigenvalue weighted by atomic mass is 10.1. The first-order valence-electron chi connectivity index (χ1n) is 8.21. The van der Waals surface area contributed by atoms with Crippen LogP contribution in [0.2, 0.25) is 5.02 Å². The van der Waals surface area contributed by atoms with Gasteiger partial charge in [-0.1, -0.05) is 23.7 Å². The maximum Gasteiger partial charge on any atom is 0.451 e. The maximum atomic E-state index is 13.2. The predicted octanol–water partition coefficient (Wildman–Crippen LogP) is 4.32. The number of anilines is 1. The van der Waals surface area contributed by atoms with E-state index in [0.717, 1.165) is 18.4 Å². The zero-order chi connectivity index (χ0) is 18.3. The summed E-state index contributed by atoms with van der Waals surface area (Å²) in [4.78, 5) is 11.6. The van der Waals surface area contributed by atoms with Crippen LogP contribution in [0.4, 0.5) is 19.0 Å². The summed E-state index contributed by atoms with van der Waals surface area (Å²) >= 11 is 5.87. The first kappa shape index (κ1) is 17.1. The van der Waals surface area contributed by atoms with Gasteiger partial charge >= 0.3 is 6.18 Å². The first-order chi connectivity index (χ1) is 12.4. The van der Waals surface area contributed by atoms with Crippen molar-refractivity contribution in [3.63, 3.8) is 0 Å². The number of rotatable bonds is 5. The number of alkyl halides is 3. The van der Waals surface area contributed by atoms with Crippen LogP contribution in [0.25, 0.3) is 11.2 Å². The largest absolute Gasteiger partial charge is 0.451 e. The minimum atomic E-state index is -4.61. The number of nitrogens with one attached hydrogen (secondary N) is 1. The van der Waals surface area contributed by atoms with E-state index >= 15 is 0 Å². The van der Waals surface area contributed by atoms with Gasteiger partial charge in [0.05, 0.1) is 6.33 Å². The van der Waals surface area contributed by atoms with Crippen LogP contribution < -0.4 is 5.32 Å². The Kier molecular flexibility index (Phi) is 4.22. The van der Waals surface area contributed by atoms with Gasteiger partial charge in [0.15, 0.2) is 11.5 Å². The highest BCUT2D eigenvalue weighted by molar-refractivity contribution is 6.30. The zero-order valence-electron chi connectivity index (χ0n) is 13.6. The van der Waals surface area contributed by atoms with Gasteiger partial charge in [-0.25, -0.2) is 15.0 Å². The quantitative estimate of drug-likeness (QED) is 0.715. The molecule has 0 unspecified atom stereocenters. The van der Waals surface area contributed by atoms with Crippen LogP contribution in [0.15, 0.2) is 30.6 Å². The standard InChI is InChI=1S/C17H15ClF3N5/c18-11-3-1-10(2-4-11)7-8-26-9-22-13-14(23-12-5-6-12)24-16(17(19,20)21)25-15(13)26/h1-4,9,12H,5-8H2,(H,23,24,25). The van der Waals surface area contributed by atoms with Crippen molar-refractivity contribution in [2.75, 3.05) is 5.32 Å². The van der Waals surface area contributed by atoms with E-state index in [1.165, 1.54) is 6.33 Å². The fraction of sp³-hybridized carbons (Fsp3) is 0.353. The highest BCUT2D eigenvalue weighted by atomic mass is 35.5. The Morgan fingerprint density at radius 2 is 1.88 bits per heavy atom. The topological polar surface area (TPSA) is 55.6 Å². The molecule has 3 aromatic rings. The van der Waals surface area contributed by atoms with Gasteiger partial charge in [0.1, 0.15) is 5.52 Å². The summed E-state index contributed by atoms with van der Waals surface area (Å²) in [6.45, 7) is 0.454. The summed E-state index contributed by atoms with van der Waals surface area (Å²) < 4.78 is 41.2. The Hall–Kier alpha value is -2.35. The predicted molar refractivity (Wildman–Crippen MR) is 92.1 cm³/mol. The van der Waals surface area contributed by atoms with E-state index in [0.29, 0.717) is 23.5 Å². The van der Waals surface area contributed by atoms with E-state index in [2.05, 4.69) is 20.3 Å². The van der Waals surface area contributed by atoms with Gasteiger partial charge in [-0.2, -0.15) is 13.2 Å². The molecule has 9 heteroatoms. The number of nitrogens with zero attached hydrogens (tertiary/aromatic N) is 4. The molecule has 0 bridgehead atoms. The summed E-state index contributed by atoms with van der Waals surface area (Å²) in [6, 6.07) is 7.50. The number of aryl methyl sites for hydroxylation is 2. The van der Waals surface area contributed by atoms with Crippen molar-refractivity contribution in [1.29, 1.82) is 0 Å². The molecule has 0 saturated heterocycles. The molecule has 1 aliphatic rings. The minimum absolute atomic E-state index is 0.148. The molecule has 1 fully saturated rings. The van der Waals surface area contributed by atoms with Crippen LogP contribution in [0.3, 0.4) is 0 Å². The SMILES string of the molecule is FC(F)(F)c1nc(NC2CC2)c2ncn(CCc3ccc(Cl)cc3)c2n1. The molecule has 1 N–H and O–H groups in total. The molecule has 0 radical (unpaired) electrons. The number of benzene rings is 1. The van der Waals surface area contributed by atoms with E-state index in [1.807, 2.05) is 12.1 Å². The van der Waals surface area contributed by atoms with Gasteiger partial charge in [-0.3, -0.25) is 0 Å². The lowest BCUT2D eigenvalue weighted by Crippen LogP contribution is -2.15. The number of halogens is 4. The number of hydrogen-bond donors (Lipinski definition) is 1. The highest BCUT2D eigenvalue weighted by Crippen LogP contribution is 2.32. The van der Waals surface area contributed by atoms with Crippen LogP contribution in [-0.4, -0.2) is 25.6 Å². The van der Waals surface area contributed by atoms with Crippen LogP contribution in [-0.2, 0) is 19.1 Å². The molecule has 136 valence electrons. The Labute approximate surface area is 152 Å². The Balaban J connectivity index is 1.67. The van der Waals surface area contributed by atoms with E-state index in [1.54, 1.807) is 16.7 Å². The molecule has 1 aromatic carbocycles. The van der Waals surface area contributed by atoms with Crippen molar-refractivity contribution in [3.8, 4) is 0 Å². The van der Waals surface area contributed by atoms with Crippen molar-refractivity contribution < 1.29 is 13.2 Å². The molecule has 4 rings (SSSR count). The highest BCUT2D eigenvalue weighted by Gasteiger charge is 2.37. The summed E-state index contributed by atoms with van der Waals surface area (Å²) in [7, 11) is 0. The van der Waals surface area contributed by atoms with E-state index < -0.39 is 12.0 Å². The van der Waals surface area contributed by atoms with Crippen LogP contribution in [0.5, 0.6) is 0 Å². The van der Waals surface area contributed by atoms with Crippen LogP contribution in [0.1, 0.15) is 24.2 Å². The van der Waals surface area contributed by atoms with Gasteiger partial charge in [0.2, 0.25) is 5.82 Å². The third-order valence-electron chi connectivity index (χ3n) is 4.19. The second kappa shape index (κ2) is 6.42. The Morgan fingerprint density at radius 3 is 2.54 bits per heavy atom. The van der Waals surface area contributed by atoms with Crippen molar-refractivity contribution in [1.82, 2.24) is 19.5 Å². The average Bonchev–Trinajstić information content (AvgIpc) is 3.31. The molecule has 26 heavy (non-hydrogen) atoms. The molecular formula is C17H15ClF3N5. The van der Waals surface area contributed by atoms with Gasteiger partial charge in [0, 0.05) is 17.6 Å². The molecule has 2 aromatic heterocycles. The smallest absolute Gasteiger partial charge is 0.365 e. The lowest BCUT2D eigenvalue weighted by molar-refractivity contribution is -0.144. The van der Waals surface area contributed by atoms with Crippen molar-refractivity contribution >= 4 is 28.6 Å². The van der Waals surface area contributed by atoms with Crippen molar-refractivity contribution in [2.45, 2.75) is 38.0 Å². The van der Waals surface area contributed by atoms with Crippen LogP contribution in [0, 0.1) is 0 Å². The normalized spacial score (nSPS) is 14.8. The van der Waals surface area contributed by atoms with Crippen molar-refractivity contribution in [3.05, 3.63) is 47.0 Å². The van der Waals surface area contributed by atoms with Gasteiger partial charge in [-0.15, -0.1) is 0 Å². The molecule has 0 aliphatic heterocycles. The van der Waals surface area contributed by atoms with E-state index in [-0.39, 0.29) is 17.5 Å². The Morgan fingerprint density at radius 1 is 1.15 bits per heavy atom. The molecule has 0 atom stereocenters. The van der Waals surface area contributed by atoms with Gasteiger partial charge < -0.3 is 9.88 Å². The average molecular weight is 382 g/mol. The van der Waals surface area contributed by atoms with E-state index in [4.69, 9.17) is 11.6 Å². The minimum Gasteiger partial charge on any atom is -0.365 e. The summed E-state index contributed by atoms with van der Waals surface area (Å²) in [6.07, 6.45) is -0.638. The second-order valence-electron chi connectivity index (χ2n) is 6.30. The molecular weight excluding hydrogens is 367 g/mol. The first-order valence-corrected chi connectivity index (χ1v) is 8.59. The number of hydrogen-bond acceptors (Lipinski definition) is 4. The second-order valence-corrected chi connectivity index (χ2v) is 6.74. The zero-order valence-corrected chi connectivity index (χ0v) is 14.3. The number of fused-ring (bicyclic) bond motifs is 1. The van der Waals surface area contributed by atoms with Gasteiger partial charge in [0.25, 0.3) is 0 Å². The molecule has 1 aliphatic carbocycles. The molecule has 2 heterocycles. The van der Waals surface area contributed by atoms with E-state index in [9.17, 15) is 13.2 Å². The number of imidazole rings is 1. The number of aromatic nitrogens is 4. The summed E-state index contributed by atoms with van der Waals surface area (Å²) in [5.41, 5.74) is 1.57. The molecule has 1 saturated carbocycles. The molecule has 5 nitrogen and oxygen atoms in total.